The van der Waals surface area contributed by atoms with E-state index in [9.17, 15) is 14.9 Å². The van der Waals surface area contributed by atoms with Crippen molar-refractivity contribution in [2.45, 2.75) is 64.7 Å². The van der Waals surface area contributed by atoms with E-state index in [0.29, 0.717) is 41.8 Å². The van der Waals surface area contributed by atoms with Gasteiger partial charge in [-0.2, -0.15) is 5.26 Å². The summed E-state index contributed by atoms with van der Waals surface area (Å²) in [5.74, 6) is 1.38. The quantitative estimate of drug-likeness (QED) is 0.0421. The minimum absolute atomic E-state index is 0.143. The number of allylic oxidation sites excluding steroid dienone is 1. The summed E-state index contributed by atoms with van der Waals surface area (Å²) in [6.45, 7) is 9.49. The normalized spacial score (nSPS) is 11.3. The van der Waals surface area contributed by atoms with E-state index in [0.717, 1.165) is 62.1 Å². The lowest BCUT2D eigenvalue weighted by molar-refractivity contribution is -0.158. The molecule has 9 nitrogen and oxygen atoms in total. The van der Waals surface area contributed by atoms with Gasteiger partial charge in [0.05, 0.1) is 51.6 Å². The molecule has 0 heterocycles. The molecule has 2 rings (SSSR count). The van der Waals surface area contributed by atoms with Crippen LogP contribution >= 0.6 is 0 Å². The monoisotopic (exact) mass is 634 g/mol. The van der Waals surface area contributed by atoms with E-state index in [4.69, 9.17) is 28.4 Å². The van der Waals surface area contributed by atoms with Gasteiger partial charge in [-0.1, -0.05) is 57.6 Å². The standard InChI is InChI=1S/C37H48NO8/c1-7-35(39)46-27-37(2,3)36(40)45-22-16-14-12-10-8-9-11-13-15-21-44-32-19-17-28(24-33(32)42-5)23-30(26-38)29-18-20-31(41-4)34(25-29)43-6/h7,17-20,23-25H,1-2,8-16,21-22,27H2,3-6H3. The Morgan fingerprint density at radius 2 is 1.35 bits per heavy atom. The zero-order valence-corrected chi connectivity index (χ0v) is 27.7. The number of esters is 2. The van der Waals surface area contributed by atoms with Crippen LogP contribution in [0, 0.1) is 23.7 Å². The van der Waals surface area contributed by atoms with Crippen LogP contribution < -0.4 is 18.9 Å². The van der Waals surface area contributed by atoms with Crippen LogP contribution in [-0.4, -0.2) is 53.1 Å². The lowest BCUT2D eigenvalue weighted by Gasteiger charge is -2.21. The van der Waals surface area contributed by atoms with Crippen LogP contribution in [0.2, 0.25) is 0 Å². The molecule has 9 heteroatoms. The molecule has 0 bridgehead atoms. The van der Waals surface area contributed by atoms with Crippen molar-refractivity contribution in [1.82, 2.24) is 0 Å². The highest BCUT2D eigenvalue weighted by Gasteiger charge is 2.31. The first-order chi connectivity index (χ1) is 22.2. The number of nitriles is 1. The predicted molar refractivity (Wildman–Crippen MR) is 179 cm³/mol. The van der Waals surface area contributed by atoms with Gasteiger partial charge in [-0.3, -0.25) is 4.79 Å². The Kier molecular flexibility index (Phi) is 16.9. The number of methoxy groups -OCH3 is 3. The molecule has 0 aliphatic carbocycles. The van der Waals surface area contributed by atoms with Crippen LogP contribution in [0.15, 0.2) is 49.1 Å². The molecule has 0 amide bonds. The zero-order chi connectivity index (χ0) is 33.8. The Morgan fingerprint density at radius 3 is 1.93 bits per heavy atom. The molecule has 249 valence electrons. The van der Waals surface area contributed by atoms with Gasteiger partial charge in [-0.15, -0.1) is 0 Å². The van der Waals surface area contributed by atoms with Crippen LogP contribution in [0.25, 0.3) is 11.6 Å². The lowest BCUT2D eigenvalue weighted by Crippen LogP contribution is -2.33. The van der Waals surface area contributed by atoms with Crippen molar-refractivity contribution in [3.05, 3.63) is 67.1 Å². The third-order valence-corrected chi connectivity index (χ3v) is 7.29. The molecule has 46 heavy (non-hydrogen) atoms. The number of benzene rings is 2. The van der Waals surface area contributed by atoms with Crippen LogP contribution in [0.4, 0.5) is 0 Å². The van der Waals surface area contributed by atoms with Crippen molar-refractivity contribution in [3.8, 4) is 29.1 Å². The maximum absolute atomic E-state index is 12.2. The molecule has 0 spiro atoms. The zero-order valence-electron chi connectivity index (χ0n) is 27.7. The van der Waals surface area contributed by atoms with Crippen LogP contribution in [0.3, 0.4) is 0 Å². The van der Waals surface area contributed by atoms with Gasteiger partial charge in [0.25, 0.3) is 0 Å². The van der Waals surface area contributed by atoms with Gasteiger partial charge < -0.3 is 28.4 Å². The highest BCUT2D eigenvalue weighted by molar-refractivity contribution is 5.90. The Balaban J connectivity index is 1.63. The molecule has 0 aromatic heterocycles. The van der Waals surface area contributed by atoms with Gasteiger partial charge in [0.2, 0.25) is 0 Å². The molecule has 1 atom stereocenters. The lowest BCUT2D eigenvalue weighted by atomic mass is 9.95. The van der Waals surface area contributed by atoms with Gasteiger partial charge in [-0.05, 0) is 74.2 Å². The van der Waals surface area contributed by atoms with E-state index in [1.165, 1.54) is 12.8 Å². The van der Waals surface area contributed by atoms with Crippen LogP contribution in [-0.2, 0) is 19.1 Å². The molecule has 0 fully saturated rings. The minimum atomic E-state index is -1.13. The highest BCUT2D eigenvalue weighted by Crippen LogP contribution is 2.33. The summed E-state index contributed by atoms with van der Waals surface area (Å²) in [5.41, 5.74) is 0.904. The smallest absolute Gasteiger partial charge is 0.330 e. The van der Waals surface area contributed by atoms with E-state index in [1.54, 1.807) is 46.5 Å². The SMILES string of the molecule is [CH2]C(C)(COC(=O)C=C)C(=O)OCCCCCCCCCCCOc1ccc(C=C(C#N)c2ccc(OC)c(OC)c2)cc1OC. The highest BCUT2D eigenvalue weighted by atomic mass is 16.6. The third-order valence-electron chi connectivity index (χ3n) is 7.29. The molecule has 1 unspecified atom stereocenters. The predicted octanol–water partition coefficient (Wildman–Crippen LogP) is 7.78. The molecular formula is C37H48NO8. The van der Waals surface area contributed by atoms with Gasteiger partial charge in [-0.25, -0.2) is 4.79 Å². The second-order valence-electron chi connectivity index (χ2n) is 11.2. The van der Waals surface area contributed by atoms with Crippen LogP contribution in [0.5, 0.6) is 23.0 Å². The van der Waals surface area contributed by atoms with E-state index in [1.807, 2.05) is 24.3 Å². The van der Waals surface area contributed by atoms with Crippen molar-refractivity contribution < 1.29 is 38.0 Å². The summed E-state index contributed by atoms with van der Waals surface area (Å²) in [5, 5.41) is 9.79. The summed E-state index contributed by atoms with van der Waals surface area (Å²) >= 11 is 0. The average molecular weight is 635 g/mol. The Hall–Kier alpha value is -4.45. The molecule has 0 aliphatic heterocycles. The molecule has 2 aromatic carbocycles. The Morgan fingerprint density at radius 1 is 0.783 bits per heavy atom. The number of ether oxygens (including phenoxy) is 6. The molecule has 1 radical (unpaired) electrons. The summed E-state index contributed by atoms with van der Waals surface area (Å²) < 4.78 is 32.4. The third kappa shape index (κ3) is 12.9. The number of hydrogen-bond donors (Lipinski definition) is 0. The van der Waals surface area contributed by atoms with Crippen molar-refractivity contribution in [3.63, 3.8) is 0 Å². The van der Waals surface area contributed by atoms with Crippen molar-refractivity contribution >= 4 is 23.6 Å². The van der Waals surface area contributed by atoms with E-state index < -0.39 is 17.4 Å². The first-order valence-electron chi connectivity index (χ1n) is 15.7. The minimum Gasteiger partial charge on any atom is -0.493 e. The van der Waals surface area contributed by atoms with Crippen LogP contribution in [0.1, 0.15) is 75.8 Å². The van der Waals surface area contributed by atoms with E-state index in [2.05, 4.69) is 19.6 Å². The van der Waals surface area contributed by atoms with Crippen molar-refractivity contribution in [2.24, 2.45) is 5.41 Å². The van der Waals surface area contributed by atoms with Gasteiger partial charge >= 0.3 is 11.9 Å². The summed E-state index contributed by atoms with van der Waals surface area (Å²) in [7, 11) is 4.74. The Bertz CT molecular complexity index is 1340. The second-order valence-corrected chi connectivity index (χ2v) is 11.2. The summed E-state index contributed by atoms with van der Waals surface area (Å²) in [6, 6.07) is 13.3. The summed E-state index contributed by atoms with van der Waals surface area (Å²) in [6.07, 6.45) is 12.4. The molecule has 0 saturated carbocycles. The maximum atomic E-state index is 12.2. The maximum Gasteiger partial charge on any atom is 0.330 e. The Labute approximate surface area is 274 Å². The fourth-order valence-corrected chi connectivity index (χ4v) is 4.55. The fraction of sp³-hybridized carbons (Fsp3) is 0.459. The number of nitrogens with zero attached hydrogens (tertiary/aromatic N) is 1. The molecular weight excluding hydrogens is 586 g/mol. The van der Waals surface area contributed by atoms with Gasteiger partial charge in [0.1, 0.15) is 6.61 Å². The topological polar surface area (TPSA) is 113 Å². The van der Waals surface area contributed by atoms with E-state index >= 15 is 0 Å². The number of hydrogen-bond acceptors (Lipinski definition) is 9. The molecule has 0 aliphatic rings. The first kappa shape index (κ1) is 37.7. The molecule has 0 saturated heterocycles. The number of rotatable bonds is 22. The second kappa shape index (κ2) is 20.6. The van der Waals surface area contributed by atoms with Crippen molar-refractivity contribution in [2.75, 3.05) is 41.2 Å². The molecule has 0 N–H and O–H groups in total. The first-order valence-corrected chi connectivity index (χ1v) is 15.7. The van der Waals surface area contributed by atoms with Crippen molar-refractivity contribution in [1.29, 1.82) is 5.26 Å². The number of carbonyl (C=O) groups excluding carboxylic acids is 2. The fourth-order valence-electron chi connectivity index (χ4n) is 4.55. The van der Waals surface area contributed by atoms with Gasteiger partial charge in [0, 0.05) is 6.08 Å². The van der Waals surface area contributed by atoms with E-state index in [-0.39, 0.29) is 6.61 Å². The van der Waals surface area contributed by atoms with Gasteiger partial charge in [0.15, 0.2) is 23.0 Å². The largest absolute Gasteiger partial charge is 0.493 e. The number of carbonyl (C=O) groups is 2. The summed E-state index contributed by atoms with van der Waals surface area (Å²) in [4.78, 5) is 23.3. The molecule has 2 aromatic rings. The number of unbranched alkanes of at least 4 members (excludes halogenated alkanes) is 8. The average Bonchev–Trinajstić information content (AvgIpc) is 3.07.